The highest BCUT2D eigenvalue weighted by Gasteiger charge is 2.30. The van der Waals surface area contributed by atoms with E-state index in [0.29, 0.717) is 0 Å². The summed E-state index contributed by atoms with van der Waals surface area (Å²) in [5, 5.41) is 3.01. The molecule has 23 heavy (non-hydrogen) atoms. The van der Waals surface area contributed by atoms with Crippen LogP contribution in [0.2, 0.25) is 0 Å². The van der Waals surface area contributed by atoms with Crippen LogP contribution < -0.4 is 20.9 Å². The number of fused-ring (bicyclic) bond motifs is 1. The van der Waals surface area contributed by atoms with Crippen molar-refractivity contribution in [3.8, 4) is 5.75 Å². The Morgan fingerprint density at radius 1 is 1.39 bits per heavy atom. The summed E-state index contributed by atoms with van der Waals surface area (Å²) in [7, 11) is 4.08. The minimum atomic E-state index is -0.177. The number of hydrogen-bond acceptors (Lipinski definition) is 5. The van der Waals surface area contributed by atoms with Crippen LogP contribution in [0.5, 0.6) is 5.75 Å². The van der Waals surface area contributed by atoms with Crippen molar-refractivity contribution in [1.82, 2.24) is 21.1 Å². The third kappa shape index (κ3) is 4.02. The van der Waals surface area contributed by atoms with Gasteiger partial charge in [-0.2, -0.15) is 0 Å². The fourth-order valence-electron chi connectivity index (χ4n) is 3.10. The molecule has 1 aromatic carbocycles. The fourth-order valence-corrected chi connectivity index (χ4v) is 3.10. The van der Waals surface area contributed by atoms with E-state index in [1.807, 2.05) is 20.2 Å². The van der Waals surface area contributed by atoms with Gasteiger partial charge in [0.2, 0.25) is 5.91 Å². The number of carbonyl (C=O) groups excluding carboxylic acids is 1. The summed E-state index contributed by atoms with van der Waals surface area (Å²) >= 11 is 0. The van der Waals surface area contributed by atoms with Crippen LogP contribution in [0, 0.1) is 0 Å². The van der Waals surface area contributed by atoms with Crippen molar-refractivity contribution in [3.05, 3.63) is 29.3 Å². The number of ether oxygens (including phenoxy) is 1. The molecule has 3 rings (SSSR count). The van der Waals surface area contributed by atoms with Gasteiger partial charge in [-0.1, -0.05) is 12.1 Å². The second-order valence-electron chi connectivity index (χ2n) is 6.54. The number of hydrogen-bond donors (Lipinski definition) is 3. The number of amides is 1. The van der Waals surface area contributed by atoms with Gasteiger partial charge in [-0.3, -0.25) is 4.79 Å². The maximum atomic E-state index is 12.2. The van der Waals surface area contributed by atoms with Gasteiger partial charge in [-0.15, -0.1) is 0 Å². The van der Waals surface area contributed by atoms with Crippen LogP contribution in [0.1, 0.15) is 30.0 Å². The Bertz CT molecular complexity index is 562. The lowest BCUT2D eigenvalue weighted by atomic mass is 9.99. The summed E-state index contributed by atoms with van der Waals surface area (Å²) < 4.78 is 5.54. The molecule has 0 aliphatic carbocycles. The van der Waals surface area contributed by atoms with Crippen molar-refractivity contribution in [3.63, 3.8) is 0 Å². The van der Waals surface area contributed by atoms with E-state index >= 15 is 0 Å². The van der Waals surface area contributed by atoms with Gasteiger partial charge in [-0.25, -0.2) is 10.9 Å². The molecular weight excluding hydrogens is 292 g/mol. The van der Waals surface area contributed by atoms with Crippen LogP contribution >= 0.6 is 0 Å². The van der Waals surface area contributed by atoms with Crippen molar-refractivity contribution in [2.45, 2.75) is 31.3 Å². The Balaban J connectivity index is 1.49. The summed E-state index contributed by atoms with van der Waals surface area (Å²) in [5.41, 5.74) is 8.84. The number of carbonyl (C=O) groups is 1. The van der Waals surface area contributed by atoms with Crippen LogP contribution in [0.25, 0.3) is 0 Å². The fraction of sp³-hybridized carbons (Fsp3) is 0.588. The number of benzene rings is 1. The van der Waals surface area contributed by atoms with Gasteiger partial charge in [0.25, 0.3) is 0 Å². The zero-order valence-corrected chi connectivity index (χ0v) is 13.9. The summed E-state index contributed by atoms with van der Waals surface area (Å²) in [5.74, 6) is 1.07. The maximum absolute atomic E-state index is 12.2. The van der Waals surface area contributed by atoms with Gasteiger partial charge in [0, 0.05) is 19.0 Å². The van der Waals surface area contributed by atoms with E-state index < -0.39 is 0 Å². The molecule has 6 heteroatoms. The predicted octanol–water partition coefficient (Wildman–Crippen LogP) is 0.597. The molecule has 126 valence electrons. The molecule has 1 amide bonds. The molecule has 0 bridgehead atoms. The standard InChI is InChI=1S/C17H26N4O2/c1-21(2)8-3-7-18-17(22)15-11-14(19-20-15)12-4-5-16-13(10-12)6-9-23-16/h4-5,10,14-15,19-20H,3,6-9,11H2,1-2H3,(H,18,22). The Hall–Kier alpha value is -1.63. The van der Waals surface area contributed by atoms with Crippen LogP contribution in [0.4, 0.5) is 0 Å². The first-order chi connectivity index (χ1) is 11.1. The Labute approximate surface area is 137 Å². The van der Waals surface area contributed by atoms with Gasteiger partial charge in [0.05, 0.1) is 6.61 Å². The third-order valence-electron chi connectivity index (χ3n) is 4.42. The van der Waals surface area contributed by atoms with Gasteiger partial charge in [0.1, 0.15) is 11.8 Å². The first kappa shape index (κ1) is 16.2. The Morgan fingerprint density at radius 3 is 3.09 bits per heavy atom. The molecule has 2 aliphatic heterocycles. The molecular formula is C17H26N4O2. The highest BCUT2D eigenvalue weighted by molar-refractivity contribution is 5.82. The summed E-state index contributed by atoms with van der Waals surface area (Å²) in [4.78, 5) is 14.3. The second kappa shape index (κ2) is 7.29. The van der Waals surface area contributed by atoms with E-state index in [2.05, 4.69) is 33.2 Å². The maximum Gasteiger partial charge on any atom is 0.238 e. The topological polar surface area (TPSA) is 65.6 Å². The van der Waals surface area contributed by atoms with E-state index in [9.17, 15) is 4.79 Å². The molecule has 2 heterocycles. The number of nitrogens with one attached hydrogen (secondary N) is 3. The van der Waals surface area contributed by atoms with Gasteiger partial charge in [0.15, 0.2) is 0 Å². The minimum Gasteiger partial charge on any atom is -0.493 e. The van der Waals surface area contributed by atoms with Crippen molar-refractivity contribution in [1.29, 1.82) is 0 Å². The largest absolute Gasteiger partial charge is 0.493 e. The normalized spacial score (nSPS) is 22.9. The molecule has 3 N–H and O–H groups in total. The van der Waals surface area contributed by atoms with E-state index in [-0.39, 0.29) is 18.0 Å². The lowest BCUT2D eigenvalue weighted by Gasteiger charge is -2.13. The van der Waals surface area contributed by atoms with E-state index in [1.165, 1.54) is 11.1 Å². The minimum absolute atomic E-state index is 0.0725. The van der Waals surface area contributed by atoms with Gasteiger partial charge >= 0.3 is 0 Å². The van der Waals surface area contributed by atoms with Crippen molar-refractivity contribution in [2.24, 2.45) is 0 Å². The highest BCUT2D eigenvalue weighted by atomic mass is 16.5. The lowest BCUT2D eigenvalue weighted by molar-refractivity contribution is -0.122. The molecule has 0 saturated carbocycles. The predicted molar refractivity (Wildman–Crippen MR) is 89.2 cm³/mol. The smallest absolute Gasteiger partial charge is 0.238 e. The Morgan fingerprint density at radius 2 is 2.26 bits per heavy atom. The molecule has 0 aromatic heterocycles. The summed E-state index contributed by atoms with van der Waals surface area (Å²) in [6.45, 7) is 2.47. The average molecular weight is 318 g/mol. The SMILES string of the molecule is CN(C)CCCNC(=O)C1CC(c2ccc3c(c2)CCO3)NN1. The van der Waals surface area contributed by atoms with E-state index in [1.54, 1.807) is 0 Å². The number of rotatable bonds is 6. The highest BCUT2D eigenvalue weighted by Crippen LogP contribution is 2.30. The molecule has 2 aliphatic rings. The van der Waals surface area contributed by atoms with Crippen LogP contribution in [-0.2, 0) is 11.2 Å². The lowest BCUT2D eigenvalue weighted by Crippen LogP contribution is -2.43. The van der Waals surface area contributed by atoms with Crippen LogP contribution in [0.15, 0.2) is 18.2 Å². The number of nitrogens with zero attached hydrogens (tertiary/aromatic N) is 1. The second-order valence-corrected chi connectivity index (χ2v) is 6.54. The molecule has 6 nitrogen and oxygen atoms in total. The molecule has 1 aromatic rings. The molecule has 2 unspecified atom stereocenters. The van der Waals surface area contributed by atoms with E-state index in [4.69, 9.17) is 4.74 Å². The molecule has 1 fully saturated rings. The van der Waals surface area contributed by atoms with Crippen LogP contribution in [-0.4, -0.2) is 50.6 Å². The molecule has 0 radical (unpaired) electrons. The summed E-state index contributed by atoms with van der Waals surface area (Å²) in [6, 6.07) is 6.30. The molecule has 0 spiro atoms. The van der Waals surface area contributed by atoms with Crippen molar-refractivity contribution >= 4 is 5.91 Å². The quantitative estimate of drug-likeness (QED) is 0.670. The van der Waals surface area contributed by atoms with Crippen molar-refractivity contribution in [2.75, 3.05) is 33.8 Å². The third-order valence-corrected chi connectivity index (χ3v) is 4.42. The van der Waals surface area contributed by atoms with Crippen molar-refractivity contribution < 1.29 is 9.53 Å². The zero-order chi connectivity index (χ0) is 16.2. The molecule has 1 saturated heterocycles. The molecule has 2 atom stereocenters. The van der Waals surface area contributed by atoms with Crippen LogP contribution in [0.3, 0.4) is 0 Å². The monoisotopic (exact) mass is 318 g/mol. The van der Waals surface area contributed by atoms with E-state index in [0.717, 1.165) is 44.7 Å². The average Bonchev–Trinajstić information content (AvgIpc) is 3.18. The number of hydrazine groups is 1. The first-order valence-corrected chi connectivity index (χ1v) is 8.32. The van der Waals surface area contributed by atoms with Gasteiger partial charge < -0.3 is 15.0 Å². The zero-order valence-electron chi connectivity index (χ0n) is 13.9. The van der Waals surface area contributed by atoms with Gasteiger partial charge in [-0.05, 0) is 50.7 Å². The summed E-state index contributed by atoms with van der Waals surface area (Å²) in [6.07, 6.45) is 2.70. The first-order valence-electron chi connectivity index (χ1n) is 8.32. The Kier molecular flexibility index (Phi) is 5.15.